The fraction of sp³-hybridized carbons (Fsp3) is 0.667. The Morgan fingerprint density at radius 3 is 2.65 bits per heavy atom. The lowest BCUT2D eigenvalue weighted by molar-refractivity contribution is -0.135. The Labute approximate surface area is 142 Å². The second-order valence-corrected chi connectivity index (χ2v) is 7.32. The number of rotatable bonds is 2. The Morgan fingerprint density at radius 1 is 1.30 bits per heavy atom. The van der Waals surface area contributed by atoms with Crippen LogP contribution in [0, 0.1) is 17.8 Å². The number of carbonyl (C=O) groups excluding carboxylic acids is 2. The van der Waals surface area contributed by atoms with Crippen molar-refractivity contribution in [2.45, 2.75) is 58.9 Å². The first-order chi connectivity index (χ1) is 10.8. The van der Waals surface area contributed by atoms with Crippen molar-refractivity contribution in [2.75, 3.05) is 0 Å². The molecule has 0 amide bonds. The van der Waals surface area contributed by atoms with E-state index in [1.165, 1.54) is 12.5 Å². The van der Waals surface area contributed by atoms with E-state index in [0.29, 0.717) is 17.4 Å². The summed E-state index contributed by atoms with van der Waals surface area (Å²) in [5.41, 5.74) is 2.17. The maximum atomic E-state index is 12.2. The molecule has 0 radical (unpaired) electrons. The average molecular weight is 341 g/mol. The van der Waals surface area contributed by atoms with Gasteiger partial charge >= 0.3 is 12.1 Å². The van der Waals surface area contributed by atoms with Crippen LogP contribution in [-0.2, 0) is 14.3 Å². The second-order valence-electron chi connectivity index (χ2n) is 6.71. The van der Waals surface area contributed by atoms with Crippen LogP contribution in [0.2, 0.25) is 0 Å². The van der Waals surface area contributed by atoms with Gasteiger partial charge in [-0.15, -0.1) is 0 Å². The third-order valence-corrected chi connectivity index (χ3v) is 5.11. The Balaban J connectivity index is 2.19. The largest absolute Gasteiger partial charge is 0.517 e. The first-order valence-electron chi connectivity index (χ1n) is 8.23. The summed E-state index contributed by atoms with van der Waals surface area (Å²) < 4.78 is 9.39. The zero-order chi connectivity index (χ0) is 17.1. The van der Waals surface area contributed by atoms with Gasteiger partial charge in [0.05, 0.1) is 0 Å². The van der Waals surface area contributed by atoms with E-state index >= 15 is 0 Å². The van der Waals surface area contributed by atoms with Crippen molar-refractivity contribution in [1.29, 1.82) is 0 Å². The number of halogens is 1. The van der Waals surface area contributed by atoms with Gasteiger partial charge in [-0.2, -0.15) is 0 Å². The topological polar surface area (TPSA) is 52.6 Å². The first-order valence-corrected chi connectivity index (χ1v) is 8.67. The Hall–Kier alpha value is -1.29. The van der Waals surface area contributed by atoms with Gasteiger partial charge in [-0.05, 0) is 58.3 Å². The molecular formula is C18H25ClO4. The van der Waals surface area contributed by atoms with Gasteiger partial charge in [-0.1, -0.05) is 35.7 Å². The van der Waals surface area contributed by atoms with Crippen LogP contribution in [0.15, 0.2) is 22.8 Å². The van der Waals surface area contributed by atoms with Crippen molar-refractivity contribution in [2.24, 2.45) is 17.8 Å². The average Bonchev–Trinajstić information content (AvgIpc) is 2.45. The van der Waals surface area contributed by atoms with Crippen molar-refractivity contribution in [3.8, 4) is 0 Å². The number of carbonyl (C=O) groups is 2. The Morgan fingerprint density at radius 2 is 2.00 bits per heavy atom. The highest BCUT2D eigenvalue weighted by atomic mass is 35.5. The molecule has 2 rings (SSSR count). The standard InChI is InChI=1S/C18H25ClO4/c1-10-5-7-14-11(2)6-8-15(16(14)9-10)12(3)17(20)23-18(21)22-13(4)19/h9,11,13-14,16H,5-8H2,1-4H3/b15-12-/t11-,13?,14+,16+/m1/s1. The van der Waals surface area contributed by atoms with Gasteiger partial charge in [0.2, 0.25) is 0 Å². The summed E-state index contributed by atoms with van der Waals surface area (Å²) in [6.07, 6.45) is 5.46. The highest BCUT2D eigenvalue weighted by molar-refractivity contribution is 6.19. The lowest BCUT2D eigenvalue weighted by Crippen LogP contribution is -2.31. The van der Waals surface area contributed by atoms with Crippen molar-refractivity contribution >= 4 is 23.7 Å². The van der Waals surface area contributed by atoms with Crippen LogP contribution in [0.25, 0.3) is 0 Å². The van der Waals surface area contributed by atoms with Crippen molar-refractivity contribution in [1.82, 2.24) is 0 Å². The predicted octanol–water partition coefficient (Wildman–Crippen LogP) is 4.97. The van der Waals surface area contributed by atoms with Crippen LogP contribution in [0.1, 0.15) is 53.4 Å². The number of ether oxygens (including phenoxy) is 2. The van der Waals surface area contributed by atoms with Gasteiger partial charge in [-0.25, -0.2) is 9.59 Å². The van der Waals surface area contributed by atoms with Crippen LogP contribution in [0.3, 0.4) is 0 Å². The van der Waals surface area contributed by atoms with E-state index in [4.69, 9.17) is 16.3 Å². The van der Waals surface area contributed by atoms with Gasteiger partial charge in [0, 0.05) is 11.5 Å². The molecule has 0 aliphatic heterocycles. The zero-order valence-corrected chi connectivity index (χ0v) is 15.0. The van der Waals surface area contributed by atoms with Crippen molar-refractivity contribution < 1.29 is 19.1 Å². The number of hydrogen-bond acceptors (Lipinski definition) is 4. The van der Waals surface area contributed by atoms with Gasteiger partial charge in [0.15, 0.2) is 5.56 Å². The van der Waals surface area contributed by atoms with E-state index in [-0.39, 0.29) is 5.92 Å². The molecule has 128 valence electrons. The van der Waals surface area contributed by atoms with E-state index < -0.39 is 17.7 Å². The van der Waals surface area contributed by atoms with Crippen molar-refractivity contribution in [3.63, 3.8) is 0 Å². The minimum absolute atomic E-state index is 0.281. The van der Waals surface area contributed by atoms with Crippen molar-refractivity contribution in [3.05, 3.63) is 22.8 Å². The summed E-state index contributed by atoms with van der Waals surface area (Å²) in [5, 5.41) is 0. The summed E-state index contributed by atoms with van der Waals surface area (Å²) in [6.45, 7) is 7.65. The molecule has 1 fully saturated rings. The molecule has 2 aliphatic carbocycles. The summed E-state index contributed by atoms with van der Waals surface area (Å²) >= 11 is 5.55. The van der Waals surface area contributed by atoms with Gasteiger partial charge in [-0.3, -0.25) is 0 Å². The van der Waals surface area contributed by atoms with Crippen LogP contribution in [0.5, 0.6) is 0 Å². The molecule has 0 heterocycles. The molecule has 0 aromatic carbocycles. The lowest BCUT2D eigenvalue weighted by Gasteiger charge is -2.40. The van der Waals surface area contributed by atoms with E-state index in [1.54, 1.807) is 6.92 Å². The number of fused-ring (bicyclic) bond motifs is 1. The molecular weight excluding hydrogens is 316 g/mol. The van der Waals surface area contributed by atoms with E-state index in [1.807, 2.05) is 0 Å². The van der Waals surface area contributed by atoms with Gasteiger partial charge in [0.1, 0.15) is 0 Å². The quantitative estimate of drug-likeness (QED) is 0.234. The first kappa shape index (κ1) is 18.1. The fourth-order valence-electron chi connectivity index (χ4n) is 3.73. The molecule has 2 aliphatic rings. The third-order valence-electron chi connectivity index (χ3n) is 5.02. The molecule has 0 spiro atoms. The molecule has 0 aromatic heterocycles. The smallest absolute Gasteiger partial charge is 0.415 e. The summed E-state index contributed by atoms with van der Waals surface area (Å²) in [6, 6.07) is 0. The Bertz CT molecular complexity index is 547. The highest BCUT2D eigenvalue weighted by Gasteiger charge is 2.36. The maximum absolute atomic E-state index is 12.2. The number of esters is 1. The molecule has 4 nitrogen and oxygen atoms in total. The number of allylic oxidation sites excluding steroid dienone is 3. The van der Waals surface area contributed by atoms with Crippen LogP contribution >= 0.6 is 11.6 Å². The fourth-order valence-corrected chi connectivity index (χ4v) is 3.80. The van der Waals surface area contributed by atoms with Gasteiger partial charge < -0.3 is 9.47 Å². The number of alkyl halides is 1. The van der Waals surface area contributed by atoms with Crippen LogP contribution in [0.4, 0.5) is 4.79 Å². The molecule has 0 aromatic rings. The normalized spacial score (nSPS) is 30.7. The maximum Gasteiger partial charge on any atom is 0.517 e. The molecule has 23 heavy (non-hydrogen) atoms. The second kappa shape index (κ2) is 7.52. The predicted molar refractivity (Wildman–Crippen MR) is 89.0 cm³/mol. The molecule has 0 saturated heterocycles. The molecule has 4 atom stereocenters. The molecule has 0 N–H and O–H groups in total. The van der Waals surface area contributed by atoms with Crippen LogP contribution in [-0.4, -0.2) is 17.7 Å². The minimum atomic E-state index is -1.05. The van der Waals surface area contributed by atoms with E-state index in [0.717, 1.165) is 31.3 Å². The monoisotopic (exact) mass is 340 g/mol. The zero-order valence-electron chi connectivity index (χ0n) is 14.2. The molecule has 0 bridgehead atoms. The SMILES string of the molecule is CC1=C[C@@H]2/C(=C(/C)C(=O)OC(=O)OC(C)Cl)CC[C@@H](C)[C@@H]2CC1. The molecule has 5 heteroatoms. The highest BCUT2D eigenvalue weighted by Crippen LogP contribution is 2.46. The van der Waals surface area contributed by atoms with Crippen LogP contribution < -0.4 is 0 Å². The summed E-state index contributed by atoms with van der Waals surface area (Å²) in [7, 11) is 0. The summed E-state index contributed by atoms with van der Waals surface area (Å²) in [4.78, 5) is 23.7. The summed E-state index contributed by atoms with van der Waals surface area (Å²) in [5.74, 6) is 0.870. The lowest BCUT2D eigenvalue weighted by atomic mass is 9.64. The molecule has 1 unspecified atom stereocenters. The third kappa shape index (κ3) is 4.37. The Kier molecular flexibility index (Phi) is 5.90. The van der Waals surface area contributed by atoms with Gasteiger partial charge in [0.25, 0.3) is 0 Å². The number of hydrogen-bond donors (Lipinski definition) is 0. The molecule has 1 saturated carbocycles. The minimum Gasteiger partial charge on any atom is -0.415 e. The van der Waals surface area contributed by atoms with E-state index in [2.05, 4.69) is 24.7 Å². The van der Waals surface area contributed by atoms with E-state index in [9.17, 15) is 9.59 Å².